The maximum atomic E-state index is 12.3. The molecule has 2 aliphatic carbocycles. The molecule has 3 rings (SSSR count). The average Bonchev–Trinajstić information content (AvgIpc) is 3.30. The molecule has 0 bridgehead atoms. The molecule has 0 spiro atoms. The summed E-state index contributed by atoms with van der Waals surface area (Å²) in [5.41, 5.74) is -0.0523. The van der Waals surface area contributed by atoms with Crippen LogP contribution in [0.4, 0.5) is 0 Å². The van der Waals surface area contributed by atoms with Crippen LogP contribution in [0.3, 0.4) is 0 Å². The molecule has 0 aliphatic heterocycles. The topological polar surface area (TPSA) is 91.6 Å². The summed E-state index contributed by atoms with van der Waals surface area (Å²) in [4.78, 5) is 21.0. The number of aromatic nitrogens is 1. The molecular weight excluding hydrogens is 469 g/mol. The summed E-state index contributed by atoms with van der Waals surface area (Å²) in [6.07, 6.45) is 8.01. The van der Waals surface area contributed by atoms with Gasteiger partial charge in [-0.2, -0.15) is 0 Å². The molecule has 7 nitrogen and oxygen atoms in total. The lowest BCUT2D eigenvalue weighted by molar-refractivity contribution is -0.126. The minimum absolute atomic E-state index is 0. The predicted octanol–water partition coefficient (Wildman–Crippen LogP) is 3.09. The lowest BCUT2D eigenvalue weighted by Crippen LogP contribution is -2.47. The first-order valence-corrected chi connectivity index (χ1v) is 10.1. The summed E-state index contributed by atoms with van der Waals surface area (Å²) in [7, 11) is 1.76. The fraction of sp³-hybridized carbons (Fsp3) is 0.750. The van der Waals surface area contributed by atoms with E-state index in [0.29, 0.717) is 18.5 Å². The Hall–Kier alpha value is -1.32. The molecule has 0 aromatic carbocycles. The van der Waals surface area contributed by atoms with Gasteiger partial charge in [-0.1, -0.05) is 27.2 Å². The van der Waals surface area contributed by atoms with Gasteiger partial charge in [-0.25, -0.2) is 4.98 Å². The Morgan fingerprint density at radius 3 is 2.57 bits per heavy atom. The highest BCUT2D eigenvalue weighted by atomic mass is 127. The smallest absolute Gasteiger partial charge is 0.223 e. The van der Waals surface area contributed by atoms with E-state index in [0.717, 1.165) is 50.2 Å². The zero-order valence-electron chi connectivity index (χ0n) is 17.4. The van der Waals surface area contributed by atoms with Crippen molar-refractivity contribution in [2.75, 3.05) is 7.05 Å². The number of nitrogens with zero attached hydrogens (tertiary/aromatic N) is 2. The quantitative estimate of drug-likeness (QED) is 0.327. The second-order valence-electron chi connectivity index (χ2n) is 8.78. The lowest BCUT2D eigenvalue weighted by atomic mass is 9.85. The Morgan fingerprint density at radius 2 is 1.96 bits per heavy atom. The third kappa shape index (κ3) is 6.63. The molecular formula is C20H34IN5O2. The van der Waals surface area contributed by atoms with E-state index in [9.17, 15) is 4.79 Å². The fourth-order valence-electron chi connectivity index (χ4n) is 3.39. The lowest BCUT2D eigenvalue weighted by Gasteiger charge is -2.30. The van der Waals surface area contributed by atoms with Gasteiger partial charge in [-0.3, -0.25) is 9.79 Å². The number of carbonyl (C=O) groups excluding carboxylic acids is 1. The highest BCUT2D eigenvalue weighted by molar-refractivity contribution is 14.0. The van der Waals surface area contributed by atoms with Crippen LogP contribution >= 0.6 is 24.0 Å². The van der Waals surface area contributed by atoms with Crippen molar-refractivity contribution in [1.29, 1.82) is 0 Å². The van der Waals surface area contributed by atoms with Gasteiger partial charge in [0.2, 0.25) is 11.8 Å². The van der Waals surface area contributed by atoms with Crippen LogP contribution in [-0.4, -0.2) is 36.0 Å². The van der Waals surface area contributed by atoms with Crippen LogP contribution in [-0.2, 0) is 16.8 Å². The number of oxazole rings is 1. The van der Waals surface area contributed by atoms with E-state index in [-0.39, 0.29) is 47.3 Å². The van der Waals surface area contributed by atoms with E-state index >= 15 is 0 Å². The van der Waals surface area contributed by atoms with Gasteiger partial charge >= 0.3 is 0 Å². The van der Waals surface area contributed by atoms with Crippen molar-refractivity contribution in [3.05, 3.63) is 17.8 Å². The SMILES string of the molecule is CN=C(NCc1ncc(C(C)(C)C)o1)NC1CCCC(C(=O)NC2CC2)C1.I. The minimum atomic E-state index is -0.0523. The molecule has 2 unspecified atom stereocenters. The number of amides is 1. The first kappa shape index (κ1) is 23.0. The molecule has 2 fully saturated rings. The van der Waals surface area contributed by atoms with Crippen LogP contribution < -0.4 is 16.0 Å². The summed E-state index contributed by atoms with van der Waals surface area (Å²) in [5.74, 6) is 2.57. The average molecular weight is 503 g/mol. The predicted molar refractivity (Wildman–Crippen MR) is 121 cm³/mol. The normalized spacial score (nSPS) is 22.9. The molecule has 0 radical (unpaired) electrons. The number of hydrogen-bond donors (Lipinski definition) is 3. The van der Waals surface area contributed by atoms with Gasteiger partial charge in [-0.05, 0) is 32.1 Å². The number of guanidine groups is 1. The number of rotatable bonds is 5. The Kier molecular flexibility index (Phi) is 8.15. The van der Waals surface area contributed by atoms with Gasteiger partial charge in [-0.15, -0.1) is 24.0 Å². The zero-order valence-corrected chi connectivity index (χ0v) is 19.7. The van der Waals surface area contributed by atoms with Crippen molar-refractivity contribution in [1.82, 2.24) is 20.9 Å². The Labute approximate surface area is 184 Å². The number of carbonyl (C=O) groups is 1. The van der Waals surface area contributed by atoms with E-state index in [4.69, 9.17) is 4.42 Å². The van der Waals surface area contributed by atoms with Crippen molar-refractivity contribution in [2.24, 2.45) is 10.9 Å². The Bertz CT molecular complexity index is 678. The van der Waals surface area contributed by atoms with Crippen LogP contribution in [0.2, 0.25) is 0 Å². The van der Waals surface area contributed by atoms with Crippen LogP contribution in [0.25, 0.3) is 0 Å². The van der Waals surface area contributed by atoms with E-state index in [1.807, 2.05) is 0 Å². The van der Waals surface area contributed by atoms with E-state index in [1.54, 1.807) is 13.2 Å². The third-order valence-corrected chi connectivity index (χ3v) is 5.23. The van der Waals surface area contributed by atoms with Crippen molar-refractivity contribution in [3.63, 3.8) is 0 Å². The molecule has 1 heterocycles. The van der Waals surface area contributed by atoms with Gasteiger partial charge in [0.15, 0.2) is 5.96 Å². The van der Waals surface area contributed by atoms with Gasteiger partial charge < -0.3 is 20.4 Å². The first-order valence-electron chi connectivity index (χ1n) is 10.1. The monoisotopic (exact) mass is 503 g/mol. The van der Waals surface area contributed by atoms with Crippen molar-refractivity contribution in [2.45, 2.75) is 83.3 Å². The van der Waals surface area contributed by atoms with E-state index in [1.165, 1.54) is 0 Å². The van der Waals surface area contributed by atoms with E-state index < -0.39 is 0 Å². The number of nitrogens with one attached hydrogen (secondary N) is 3. The van der Waals surface area contributed by atoms with Crippen LogP contribution in [0.15, 0.2) is 15.6 Å². The molecule has 1 aromatic heterocycles. The molecule has 2 aliphatic rings. The molecule has 0 saturated heterocycles. The maximum absolute atomic E-state index is 12.3. The minimum Gasteiger partial charge on any atom is -0.443 e. The van der Waals surface area contributed by atoms with Crippen LogP contribution in [0, 0.1) is 5.92 Å². The fourth-order valence-corrected chi connectivity index (χ4v) is 3.39. The van der Waals surface area contributed by atoms with Gasteiger partial charge in [0.25, 0.3) is 0 Å². The molecule has 8 heteroatoms. The molecule has 2 saturated carbocycles. The maximum Gasteiger partial charge on any atom is 0.223 e. The summed E-state index contributed by atoms with van der Waals surface area (Å²) in [6.45, 7) is 6.78. The number of aliphatic imine (C=N–C) groups is 1. The molecule has 3 N–H and O–H groups in total. The molecule has 28 heavy (non-hydrogen) atoms. The molecule has 158 valence electrons. The Morgan fingerprint density at radius 1 is 1.21 bits per heavy atom. The van der Waals surface area contributed by atoms with Crippen LogP contribution in [0.1, 0.15) is 70.9 Å². The number of halogens is 1. The first-order chi connectivity index (χ1) is 12.8. The van der Waals surface area contributed by atoms with Crippen LogP contribution in [0.5, 0.6) is 0 Å². The standard InChI is InChI=1S/C20H33N5O2.HI/c1-20(2,3)16-11-22-17(27-16)12-23-19(21-4)25-15-7-5-6-13(10-15)18(26)24-14-8-9-14;/h11,13-15H,5-10,12H2,1-4H3,(H,24,26)(H2,21,23,25);1H. The number of hydrogen-bond acceptors (Lipinski definition) is 4. The summed E-state index contributed by atoms with van der Waals surface area (Å²) in [5, 5.41) is 9.86. The van der Waals surface area contributed by atoms with E-state index in [2.05, 4.69) is 46.7 Å². The van der Waals surface area contributed by atoms with Gasteiger partial charge in [0, 0.05) is 30.5 Å². The second-order valence-corrected chi connectivity index (χ2v) is 8.78. The highest BCUT2D eigenvalue weighted by Gasteiger charge is 2.31. The van der Waals surface area contributed by atoms with Gasteiger partial charge in [0.1, 0.15) is 5.76 Å². The molecule has 1 aromatic rings. The molecule has 1 amide bonds. The third-order valence-electron chi connectivity index (χ3n) is 5.23. The van der Waals surface area contributed by atoms with Crippen molar-refractivity contribution >= 4 is 35.8 Å². The zero-order chi connectivity index (χ0) is 19.4. The van der Waals surface area contributed by atoms with Gasteiger partial charge in [0.05, 0.1) is 12.7 Å². The Balaban J connectivity index is 0.00000280. The summed E-state index contributed by atoms with van der Waals surface area (Å²) < 4.78 is 5.82. The van der Waals surface area contributed by atoms with Crippen molar-refractivity contribution in [3.8, 4) is 0 Å². The summed E-state index contributed by atoms with van der Waals surface area (Å²) >= 11 is 0. The second kappa shape index (κ2) is 9.93. The summed E-state index contributed by atoms with van der Waals surface area (Å²) in [6, 6.07) is 0.689. The molecule has 2 atom stereocenters. The van der Waals surface area contributed by atoms with Crippen molar-refractivity contribution < 1.29 is 9.21 Å². The highest BCUT2D eigenvalue weighted by Crippen LogP contribution is 2.27. The largest absolute Gasteiger partial charge is 0.443 e.